The number of ether oxygens (including phenoxy) is 3. The number of rotatable bonds is 6. The minimum absolute atomic E-state index is 0.000846. The van der Waals surface area contributed by atoms with Gasteiger partial charge in [-0.2, -0.15) is 0 Å². The van der Waals surface area contributed by atoms with Crippen LogP contribution in [0.15, 0.2) is 42.6 Å². The van der Waals surface area contributed by atoms with E-state index in [1.807, 2.05) is 12.1 Å². The van der Waals surface area contributed by atoms with Crippen LogP contribution in [0.1, 0.15) is 31.1 Å². The van der Waals surface area contributed by atoms with Crippen LogP contribution in [0.5, 0.6) is 11.6 Å². The normalized spacial score (nSPS) is 26.9. The second kappa shape index (κ2) is 7.80. The summed E-state index contributed by atoms with van der Waals surface area (Å²) in [6.07, 6.45) is 1.54. The first kappa shape index (κ1) is 20.3. The number of esters is 1. The predicted molar refractivity (Wildman–Crippen MR) is 113 cm³/mol. The number of aromatic nitrogens is 1. The Hall–Kier alpha value is -2.64. The van der Waals surface area contributed by atoms with Gasteiger partial charge >= 0.3 is 5.97 Å². The zero-order valence-electron chi connectivity index (χ0n) is 17.9. The first-order chi connectivity index (χ1) is 14.9. The quantitative estimate of drug-likeness (QED) is 0.714. The zero-order chi connectivity index (χ0) is 21.6. The molecule has 3 aliphatic rings. The fraction of sp³-hybridized carbons (Fsp3) is 0.500. The van der Waals surface area contributed by atoms with Crippen LogP contribution in [0.3, 0.4) is 0 Å². The van der Waals surface area contributed by atoms with Gasteiger partial charge in [-0.3, -0.25) is 9.69 Å². The average molecular weight is 424 g/mol. The standard InChI is InChI=1S/C24H28N2O5/c1-24(2,28)14-30-23(27)21-17-11-26(12-18(17)21)10-15-5-7-16(8-6-15)20-13-29-19-4-3-9-25-22(19)31-20/h3-9,17-18,20-21,28H,10-14H2,1-2H3/t17?,18?,20-,21?/m1/s1. The van der Waals surface area contributed by atoms with Crippen LogP contribution in [0.2, 0.25) is 0 Å². The fourth-order valence-electron chi connectivity index (χ4n) is 4.61. The maximum atomic E-state index is 12.2. The summed E-state index contributed by atoms with van der Waals surface area (Å²) < 4.78 is 17.0. The number of aliphatic hydroxyl groups is 1. The molecule has 0 bridgehead atoms. The number of likely N-dealkylation sites (tertiary alicyclic amines) is 1. The number of hydrogen-bond donors (Lipinski definition) is 1. The van der Waals surface area contributed by atoms with Crippen molar-refractivity contribution in [1.82, 2.24) is 9.88 Å². The molecular formula is C24H28N2O5. The third-order valence-electron chi connectivity index (χ3n) is 6.25. The van der Waals surface area contributed by atoms with Gasteiger partial charge in [-0.25, -0.2) is 4.98 Å². The van der Waals surface area contributed by atoms with E-state index in [4.69, 9.17) is 14.2 Å². The second-order valence-corrected chi connectivity index (χ2v) is 9.43. The molecule has 31 heavy (non-hydrogen) atoms. The Labute approximate surface area is 181 Å². The molecule has 2 unspecified atom stereocenters. The highest BCUT2D eigenvalue weighted by Gasteiger charge is 2.60. The summed E-state index contributed by atoms with van der Waals surface area (Å²) >= 11 is 0. The van der Waals surface area contributed by atoms with E-state index < -0.39 is 5.60 Å². The highest BCUT2D eigenvalue weighted by molar-refractivity contribution is 5.77. The maximum Gasteiger partial charge on any atom is 0.309 e. The molecule has 7 nitrogen and oxygen atoms in total. The molecule has 1 saturated carbocycles. The van der Waals surface area contributed by atoms with E-state index in [0.717, 1.165) is 25.2 Å². The van der Waals surface area contributed by atoms with Gasteiger partial charge in [0.1, 0.15) is 13.2 Å². The summed E-state index contributed by atoms with van der Waals surface area (Å²) in [4.78, 5) is 18.8. The third-order valence-corrected chi connectivity index (χ3v) is 6.25. The summed E-state index contributed by atoms with van der Waals surface area (Å²) in [5.41, 5.74) is 1.33. The third kappa shape index (κ3) is 4.38. The lowest BCUT2D eigenvalue weighted by molar-refractivity contribution is -0.152. The molecule has 3 atom stereocenters. The van der Waals surface area contributed by atoms with Crippen molar-refractivity contribution in [1.29, 1.82) is 0 Å². The molecule has 164 valence electrons. The molecule has 2 aliphatic heterocycles. The van der Waals surface area contributed by atoms with Crippen LogP contribution in [0.25, 0.3) is 0 Å². The average Bonchev–Trinajstić information content (AvgIpc) is 3.27. The van der Waals surface area contributed by atoms with Crippen molar-refractivity contribution in [2.45, 2.75) is 32.1 Å². The Morgan fingerprint density at radius 2 is 1.97 bits per heavy atom. The second-order valence-electron chi connectivity index (χ2n) is 9.43. The van der Waals surface area contributed by atoms with Crippen LogP contribution in [-0.2, 0) is 16.1 Å². The van der Waals surface area contributed by atoms with Gasteiger partial charge in [0.25, 0.3) is 5.88 Å². The Morgan fingerprint density at radius 3 is 2.68 bits per heavy atom. The summed E-state index contributed by atoms with van der Waals surface area (Å²) in [5, 5.41) is 9.72. The number of pyridine rings is 1. The summed E-state index contributed by atoms with van der Waals surface area (Å²) in [5.74, 6) is 1.83. The lowest BCUT2D eigenvalue weighted by Gasteiger charge is -2.26. The van der Waals surface area contributed by atoms with Crippen LogP contribution in [-0.4, -0.2) is 52.9 Å². The number of nitrogens with zero attached hydrogens (tertiary/aromatic N) is 2. The van der Waals surface area contributed by atoms with Gasteiger partial charge in [-0.1, -0.05) is 24.3 Å². The van der Waals surface area contributed by atoms with Crippen LogP contribution in [0.4, 0.5) is 0 Å². The number of benzene rings is 1. The summed E-state index contributed by atoms with van der Waals surface area (Å²) in [6.45, 7) is 6.50. The topological polar surface area (TPSA) is 81.1 Å². The highest BCUT2D eigenvalue weighted by Crippen LogP contribution is 2.52. The molecule has 1 aromatic carbocycles. The Morgan fingerprint density at radius 1 is 1.23 bits per heavy atom. The van der Waals surface area contributed by atoms with Crippen molar-refractivity contribution in [2.24, 2.45) is 17.8 Å². The summed E-state index contributed by atoms with van der Waals surface area (Å²) in [7, 11) is 0. The van der Waals surface area contributed by atoms with E-state index in [-0.39, 0.29) is 24.6 Å². The molecular weight excluding hydrogens is 396 g/mol. The first-order valence-corrected chi connectivity index (χ1v) is 10.8. The van der Waals surface area contributed by atoms with E-state index in [0.29, 0.717) is 30.1 Å². The van der Waals surface area contributed by atoms with Crippen molar-refractivity contribution in [3.63, 3.8) is 0 Å². The van der Waals surface area contributed by atoms with Crippen molar-refractivity contribution >= 4 is 5.97 Å². The number of carbonyl (C=O) groups excluding carboxylic acids is 1. The molecule has 2 fully saturated rings. The van der Waals surface area contributed by atoms with Gasteiger partial charge < -0.3 is 19.3 Å². The van der Waals surface area contributed by atoms with Gasteiger partial charge in [0.2, 0.25) is 0 Å². The molecule has 7 heteroatoms. The Kier molecular flexibility index (Phi) is 5.10. The molecule has 1 aliphatic carbocycles. The molecule has 5 rings (SSSR count). The summed E-state index contributed by atoms with van der Waals surface area (Å²) in [6, 6.07) is 12.1. The van der Waals surface area contributed by atoms with Gasteiger partial charge in [-0.15, -0.1) is 0 Å². The van der Waals surface area contributed by atoms with Crippen molar-refractivity contribution in [3.05, 3.63) is 53.7 Å². The first-order valence-electron chi connectivity index (χ1n) is 10.8. The molecule has 0 amide bonds. The fourth-order valence-corrected chi connectivity index (χ4v) is 4.61. The molecule has 2 aromatic rings. The number of fused-ring (bicyclic) bond motifs is 2. The van der Waals surface area contributed by atoms with E-state index in [2.05, 4.69) is 34.1 Å². The van der Waals surface area contributed by atoms with E-state index in [1.54, 1.807) is 20.0 Å². The van der Waals surface area contributed by atoms with Crippen molar-refractivity contribution < 1.29 is 24.1 Å². The molecule has 0 radical (unpaired) electrons. The lowest BCUT2D eigenvalue weighted by atomic mass is 10.1. The Balaban J connectivity index is 1.11. The Bertz CT molecular complexity index is 943. The van der Waals surface area contributed by atoms with Gasteiger partial charge in [0, 0.05) is 25.8 Å². The van der Waals surface area contributed by atoms with E-state index >= 15 is 0 Å². The van der Waals surface area contributed by atoms with Gasteiger partial charge in [-0.05, 0) is 48.9 Å². The molecule has 0 spiro atoms. The minimum Gasteiger partial charge on any atom is -0.484 e. The largest absolute Gasteiger partial charge is 0.484 e. The van der Waals surface area contributed by atoms with Gasteiger partial charge in [0.05, 0.1) is 11.5 Å². The van der Waals surface area contributed by atoms with Crippen LogP contribution >= 0.6 is 0 Å². The monoisotopic (exact) mass is 424 g/mol. The smallest absolute Gasteiger partial charge is 0.309 e. The van der Waals surface area contributed by atoms with Crippen molar-refractivity contribution in [3.8, 4) is 11.6 Å². The van der Waals surface area contributed by atoms with Crippen LogP contribution in [0, 0.1) is 17.8 Å². The maximum absolute atomic E-state index is 12.2. The lowest BCUT2D eigenvalue weighted by Crippen LogP contribution is -2.30. The molecule has 3 heterocycles. The zero-order valence-corrected chi connectivity index (χ0v) is 17.9. The van der Waals surface area contributed by atoms with Gasteiger partial charge in [0.15, 0.2) is 11.9 Å². The SMILES string of the molecule is CC(C)(O)COC(=O)C1C2CN(Cc3ccc([C@H]4COc5cccnc5O4)cc3)CC21. The minimum atomic E-state index is -0.980. The number of carbonyl (C=O) groups is 1. The van der Waals surface area contributed by atoms with Crippen LogP contribution < -0.4 is 9.47 Å². The van der Waals surface area contributed by atoms with E-state index in [9.17, 15) is 9.90 Å². The number of hydrogen-bond acceptors (Lipinski definition) is 7. The highest BCUT2D eigenvalue weighted by atomic mass is 16.6. The van der Waals surface area contributed by atoms with Crippen molar-refractivity contribution in [2.75, 3.05) is 26.3 Å². The van der Waals surface area contributed by atoms with E-state index in [1.165, 1.54) is 5.56 Å². The molecule has 1 aromatic heterocycles. The molecule has 1 N–H and O–H groups in total. The predicted octanol–water partition coefficient (Wildman–Crippen LogP) is 2.59. The number of piperidine rings is 1. The molecule has 1 saturated heterocycles.